The third-order valence-electron chi connectivity index (χ3n) is 3.07. The molecule has 0 bridgehead atoms. The Bertz CT molecular complexity index is 621. The lowest BCUT2D eigenvalue weighted by molar-refractivity contribution is 0.0968. The number of carbonyl (C=O) groups excluding carboxylic acids is 1. The van der Waals surface area contributed by atoms with E-state index in [1.807, 2.05) is 11.9 Å². The summed E-state index contributed by atoms with van der Waals surface area (Å²) in [5.74, 6) is 0.135. The van der Waals surface area contributed by atoms with Gasteiger partial charge in [-0.2, -0.15) is 0 Å². The number of nitrogen functional groups attached to an aromatic ring is 1. The molecule has 0 atom stereocenters. The zero-order valence-corrected chi connectivity index (χ0v) is 14.7. The number of rotatable bonds is 6. The van der Waals surface area contributed by atoms with Crippen molar-refractivity contribution in [2.24, 2.45) is 5.92 Å². The molecule has 3 N–H and O–H groups in total. The Morgan fingerprint density at radius 2 is 2.00 bits per heavy atom. The number of nitrogens with zero attached hydrogens (tertiary/aromatic N) is 1. The van der Waals surface area contributed by atoms with Crippen molar-refractivity contribution in [1.82, 2.24) is 5.32 Å². The van der Waals surface area contributed by atoms with Crippen molar-refractivity contribution >= 4 is 37.8 Å². The topological polar surface area (TPSA) is 92.5 Å². The molecule has 1 heterocycles. The summed E-state index contributed by atoms with van der Waals surface area (Å²) in [6.45, 7) is 4.90. The molecule has 0 radical (unpaired) electrons. The highest BCUT2D eigenvalue weighted by Gasteiger charge is 2.28. The molecule has 0 fully saturated rings. The molecule has 1 amide bonds. The zero-order valence-electron chi connectivity index (χ0n) is 13.1. The molecule has 1 rings (SSSR count). The Morgan fingerprint density at radius 1 is 1.43 bits per heavy atom. The van der Waals surface area contributed by atoms with Crippen molar-refractivity contribution in [2.75, 3.05) is 37.5 Å². The van der Waals surface area contributed by atoms with Crippen LogP contribution in [0, 0.1) is 5.92 Å². The highest BCUT2D eigenvalue weighted by molar-refractivity contribution is 7.91. The van der Waals surface area contributed by atoms with E-state index in [0.29, 0.717) is 17.5 Å². The first-order valence-electron chi connectivity index (χ1n) is 6.65. The lowest BCUT2D eigenvalue weighted by Gasteiger charge is -2.19. The Kier molecular flexibility index (Phi) is 5.63. The summed E-state index contributed by atoms with van der Waals surface area (Å²) in [6, 6.07) is 0. The van der Waals surface area contributed by atoms with Gasteiger partial charge in [0.2, 0.25) is 0 Å². The third-order valence-corrected chi connectivity index (χ3v) is 5.68. The molecule has 6 nitrogen and oxygen atoms in total. The minimum atomic E-state index is -3.50. The first-order valence-corrected chi connectivity index (χ1v) is 9.35. The molecule has 8 heteroatoms. The number of carbonyl (C=O) groups is 1. The molecule has 1 aromatic heterocycles. The maximum Gasteiger partial charge on any atom is 0.263 e. The molecule has 21 heavy (non-hydrogen) atoms. The van der Waals surface area contributed by atoms with Crippen molar-refractivity contribution in [3.05, 3.63) is 4.88 Å². The van der Waals surface area contributed by atoms with Gasteiger partial charge in [0.1, 0.15) is 14.8 Å². The molecule has 0 saturated heterocycles. The van der Waals surface area contributed by atoms with Gasteiger partial charge in [-0.05, 0) is 12.3 Å². The molecular formula is C13H23N3O3S2. The fourth-order valence-corrected chi connectivity index (χ4v) is 4.53. The standard InChI is InChI=1S/C13H23N3O3S2/c1-8(2)6-7-16(4)13-11(21(5,18)19)9(14)10(20-13)12(17)15-3/h8H,6-7,14H2,1-5H3,(H,15,17). The molecule has 0 aliphatic rings. The molecule has 0 aliphatic carbocycles. The number of anilines is 2. The molecule has 0 unspecified atom stereocenters. The lowest BCUT2D eigenvalue weighted by atomic mass is 10.1. The SMILES string of the molecule is CNC(=O)c1sc(N(C)CCC(C)C)c(S(C)(=O)=O)c1N. The maximum atomic E-state index is 12.0. The molecule has 0 saturated carbocycles. The number of hydrogen-bond donors (Lipinski definition) is 2. The van der Waals surface area contributed by atoms with E-state index < -0.39 is 9.84 Å². The second-order valence-corrected chi connectivity index (χ2v) is 8.39. The molecule has 0 spiro atoms. The highest BCUT2D eigenvalue weighted by Crippen LogP contribution is 2.41. The van der Waals surface area contributed by atoms with Crippen molar-refractivity contribution in [3.63, 3.8) is 0 Å². The first-order chi connectivity index (χ1) is 9.59. The van der Waals surface area contributed by atoms with E-state index in [4.69, 9.17) is 5.73 Å². The van der Waals surface area contributed by atoms with Crippen LogP contribution < -0.4 is 16.0 Å². The average molecular weight is 333 g/mol. The number of thiophene rings is 1. The fraction of sp³-hybridized carbons (Fsp3) is 0.615. The summed E-state index contributed by atoms with van der Waals surface area (Å²) in [5, 5.41) is 3.00. The summed E-state index contributed by atoms with van der Waals surface area (Å²) >= 11 is 1.12. The smallest absolute Gasteiger partial charge is 0.263 e. The second kappa shape index (κ2) is 6.65. The number of nitrogens with one attached hydrogen (secondary N) is 1. The van der Waals surface area contributed by atoms with Gasteiger partial charge in [-0.1, -0.05) is 13.8 Å². The van der Waals surface area contributed by atoms with Crippen molar-refractivity contribution in [2.45, 2.75) is 25.2 Å². The summed E-state index contributed by atoms with van der Waals surface area (Å²) < 4.78 is 24.0. The van der Waals surface area contributed by atoms with E-state index in [1.165, 1.54) is 7.05 Å². The number of hydrogen-bond acceptors (Lipinski definition) is 6. The van der Waals surface area contributed by atoms with E-state index in [9.17, 15) is 13.2 Å². The van der Waals surface area contributed by atoms with Crippen molar-refractivity contribution in [1.29, 1.82) is 0 Å². The number of amides is 1. The van der Waals surface area contributed by atoms with Crippen LogP contribution >= 0.6 is 11.3 Å². The summed E-state index contributed by atoms with van der Waals surface area (Å²) in [6.07, 6.45) is 2.03. The van der Waals surface area contributed by atoms with Gasteiger partial charge in [-0.3, -0.25) is 4.79 Å². The van der Waals surface area contributed by atoms with Gasteiger partial charge in [0.05, 0.1) is 5.69 Å². The van der Waals surface area contributed by atoms with Crippen LogP contribution in [-0.4, -0.2) is 41.2 Å². The highest BCUT2D eigenvalue weighted by atomic mass is 32.2. The van der Waals surface area contributed by atoms with Gasteiger partial charge in [0.25, 0.3) is 5.91 Å². The molecular weight excluding hydrogens is 310 g/mol. The van der Waals surface area contributed by atoms with Gasteiger partial charge < -0.3 is 16.0 Å². The van der Waals surface area contributed by atoms with Gasteiger partial charge in [0, 0.05) is 26.9 Å². The Labute approximate surface area is 130 Å². The van der Waals surface area contributed by atoms with E-state index in [2.05, 4.69) is 19.2 Å². The van der Waals surface area contributed by atoms with E-state index in [0.717, 1.165) is 24.0 Å². The normalized spacial score (nSPS) is 11.7. The summed E-state index contributed by atoms with van der Waals surface area (Å²) in [5.41, 5.74) is 5.94. The third kappa shape index (κ3) is 4.10. The first kappa shape index (κ1) is 17.8. The maximum absolute atomic E-state index is 12.0. The van der Waals surface area contributed by atoms with Gasteiger partial charge in [-0.25, -0.2) is 8.42 Å². The van der Waals surface area contributed by atoms with Gasteiger partial charge >= 0.3 is 0 Å². The summed E-state index contributed by atoms with van der Waals surface area (Å²) in [7, 11) is -0.200. The zero-order chi connectivity index (χ0) is 16.4. The fourth-order valence-electron chi connectivity index (χ4n) is 1.86. The molecule has 120 valence electrons. The largest absolute Gasteiger partial charge is 0.396 e. The van der Waals surface area contributed by atoms with E-state index in [1.54, 1.807) is 0 Å². The Morgan fingerprint density at radius 3 is 2.43 bits per heavy atom. The van der Waals surface area contributed by atoms with Crippen LogP contribution in [0.25, 0.3) is 0 Å². The minimum Gasteiger partial charge on any atom is -0.396 e. The Balaban J connectivity index is 3.33. The lowest BCUT2D eigenvalue weighted by Crippen LogP contribution is -2.20. The predicted molar refractivity (Wildman–Crippen MR) is 88.0 cm³/mol. The van der Waals surface area contributed by atoms with Crippen LogP contribution in [-0.2, 0) is 9.84 Å². The monoisotopic (exact) mass is 333 g/mol. The van der Waals surface area contributed by atoms with Crippen LogP contribution in [0.5, 0.6) is 0 Å². The summed E-state index contributed by atoms with van der Waals surface area (Å²) in [4.78, 5) is 14.0. The van der Waals surface area contributed by atoms with Crippen LogP contribution in [0.3, 0.4) is 0 Å². The quantitative estimate of drug-likeness (QED) is 0.824. The minimum absolute atomic E-state index is 0.0354. The van der Waals surface area contributed by atoms with Crippen molar-refractivity contribution < 1.29 is 13.2 Å². The van der Waals surface area contributed by atoms with E-state index in [-0.39, 0.29) is 21.4 Å². The van der Waals surface area contributed by atoms with Crippen LogP contribution in [0.15, 0.2) is 4.90 Å². The second-order valence-electron chi connectivity index (χ2n) is 5.43. The number of sulfone groups is 1. The Hall–Kier alpha value is -1.28. The van der Waals surface area contributed by atoms with E-state index >= 15 is 0 Å². The van der Waals surface area contributed by atoms with Gasteiger partial charge in [-0.15, -0.1) is 11.3 Å². The number of nitrogens with two attached hydrogens (primary N) is 1. The van der Waals surface area contributed by atoms with Crippen LogP contribution in [0.4, 0.5) is 10.7 Å². The average Bonchev–Trinajstić information content (AvgIpc) is 2.72. The van der Waals surface area contributed by atoms with Crippen LogP contribution in [0.1, 0.15) is 29.9 Å². The van der Waals surface area contributed by atoms with Crippen molar-refractivity contribution in [3.8, 4) is 0 Å². The predicted octanol–water partition coefficient (Wildman–Crippen LogP) is 1.58. The van der Waals surface area contributed by atoms with Gasteiger partial charge in [0.15, 0.2) is 9.84 Å². The molecule has 1 aromatic rings. The van der Waals surface area contributed by atoms with Crippen LogP contribution in [0.2, 0.25) is 0 Å². The molecule has 0 aromatic carbocycles. The molecule has 0 aliphatic heterocycles.